The molecule has 0 saturated heterocycles. The van der Waals surface area contributed by atoms with Crippen LogP contribution >= 0.6 is 11.9 Å². The maximum atomic E-state index is 12.8. The van der Waals surface area contributed by atoms with E-state index in [1.807, 2.05) is 27.7 Å². The lowest BCUT2D eigenvalue weighted by molar-refractivity contribution is -0.360. The SMILES string of the molecule is CC(NSC(C)(C)C)c1ccc(OC(F)(F)C(F)(F)F)cc1. The van der Waals surface area contributed by atoms with Crippen molar-refractivity contribution in [2.45, 2.75) is 50.8 Å². The van der Waals surface area contributed by atoms with Crippen LogP contribution in [0.4, 0.5) is 22.0 Å². The van der Waals surface area contributed by atoms with Gasteiger partial charge in [-0.1, -0.05) is 24.1 Å². The van der Waals surface area contributed by atoms with Gasteiger partial charge < -0.3 is 4.74 Å². The lowest BCUT2D eigenvalue weighted by Crippen LogP contribution is -2.41. The average Bonchev–Trinajstić information content (AvgIpc) is 2.34. The van der Waals surface area contributed by atoms with Gasteiger partial charge in [-0.05, 0) is 45.4 Å². The van der Waals surface area contributed by atoms with Crippen molar-refractivity contribution >= 4 is 11.9 Å². The lowest BCUT2D eigenvalue weighted by atomic mass is 10.1. The molecule has 1 atom stereocenters. The number of alkyl halides is 5. The molecule has 0 bridgehead atoms. The Labute approximate surface area is 130 Å². The molecule has 126 valence electrons. The first-order chi connectivity index (χ1) is 9.82. The number of benzene rings is 1. The van der Waals surface area contributed by atoms with Crippen LogP contribution in [-0.4, -0.2) is 17.0 Å². The molecule has 22 heavy (non-hydrogen) atoms. The Hall–Kier alpha value is -1.02. The maximum Gasteiger partial charge on any atom is 0.499 e. The summed E-state index contributed by atoms with van der Waals surface area (Å²) < 4.78 is 68.6. The standard InChI is InChI=1S/C14H18F5NOS/c1-9(20-22-12(2,3)4)10-5-7-11(8-6-10)21-14(18,19)13(15,16)17/h5-9,20H,1-4H3. The van der Waals surface area contributed by atoms with Crippen LogP contribution < -0.4 is 9.46 Å². The molecule has 0 amide bonds. The van der Waals surface area contributed by atoms with Crippen LogP contribution in [0.2, 0.25) is 0 Å². The fourth-order valence-electron chi connectivity index (χ4n) is 1.36. The molecular formula is C14H18F5NOS. The van der Waals surface area contributed by atoms with Crippen molar-refractivity contribution in [1.82, 2.24) is 4.72 Å². The molecule has 8 heteroatoms. The van der Waals surface area contributed by atoms with Crippen LogP contribution in [0.3, 0.4) is 0 Å². The van der Waals surface area contributed by atoms with Gasteiger partial charge in [0.15, 0.2) is 0 Å². The molecule has 1 aromatic carbocycles. The van der Waals surface area contributed by atoms with Crippen molar-refractivity contribution in [3.05, 3.63) is 29.8 Å². The summed E-state index contributed by atoms with van der Waals surface area (Å²) in [5.74, 6) is -0.540. The van der Waals surface area contributed by atoms with Gasteiger partial charge in [0.1, 0.15) is 5.75 Å². The van der Waals surface area contributed by atoms with E-state index in [0.29, 0.717) is 0 Å². The quantitative estimate of drug-likeness (QED) is 0.578. The molecular weight excluding hydrogens is 325 g/mol. The van der Waals surface area contributed by atoms with Gasteiger partial charge >= 0.3 is 12.3 Å². The summed E-state index contributed by atoms with van der Waals surface area (Å²) in [5.41, 5.74) is 0.749. The topological polar surface area (TPSA) is 21.3 Å². The first-order valence-electron chi connectivity index (χ1n) is 6.49. The van der Waals surface area contributed by atoms with Crippen molar-refractivity contribution in [3.8, 4) is 5.75 Å². The Balaban J connectivity index is 2.71. The van der Waals surface area contributed by atoms with E-state index in [1.54, 1.807) is 0 Å². The third kappa shape index (κ3) is 5.64. The second-order valence-corrected chi connectivity index (χ2v) is 7.40. The van der Waals surface area contributed by atoms with Crippen molar-refractivity contribution in [2.24, 2.45) is 0 Å². The summed E-state index contributed by atoms with van der Waals surface area (Å²) in [5, 5.41) is 0. The molecule has 0 aliphatic carbocycles. The van der Waals surface area contributed by atoms with Gasteiger partial charge in [0.2, 0.25) is 0 Å². The number of rotatable bonds is 5. The van der Waals surface area contributed by atoms with E-state index in [0.717, 1.165) is 17.7 Å². The molecule has 0 aliphatic heterocycles. The second kappa shape index (κ2) is 6.62. The fraction of sp³-hybridized carbons (Fsp3) is 0.571. The van der Waals surface area contributed by atoms with Gasteiger partial charge in [0, 0.05) is 10.8 Å². The maximum absolute atomic E-state index is 12.8. The predicted octanol–water partition coefficient (Wildman–Crippen LogP) is 5.32. The van der Waals surface area contributed by atoms with Crippen molar-refractivity contribution < 1.29 is 26.7 Å². The van der Waals surface area contributed by atoms with Crippen LogP contribution in [0.5, 0.6) is 5.75 Å². The number of halogens is 5. The Bertz CT molecular complexity index is 481. The monoisotopic (exact) mass is 343 g/mol. The first kappa shape index (κ1) is 19.0. The van der Waals surface area contributed by atoms with Crippen LogP contribution in [-0.2, 0) is 0 Å². The summed E-state index contributed by atoms with van der Waals surface area (Å²) in [6.07, 6.45) is -11.0. The van der Waals surface area contributed by atoms with Crippen LogP contribution in [0.15, 0.2) is 24.3 Å². The summed E-state index contributed by atoms with van der Waals surface area (Å²) in [4.78, 5) is 0. The molecule has 0 aliphatic rings. The zero-order chi connectivity index (χ0) is 17.2. The summed E-state index contributed by atoms with van der Waals surface area (Å²) in [6.45, 7) is 7.92. The van der Waals surface area contributed by atoms with Gasteiger partial charge in [-0.2, -0.15) is 22.0 Å². The van der Waals surface area contributed by atoms with E-state index in [-0.39, 0.29) is 10.8 Å². The van der Waals surface area contributed by atoms with Crippen molar-refractivity contribution in [2.75, 3.05) is 0 Å². The highest BCUT2D eigenvalue weighted by molar-refractivity contribution is 7.98. The largest absolute Gasteiger partial charge is 0.499 e. The third-order valence-corrected chi connectivity index (χ3v) is 3.58. The third-order valence-electron chi connectivity index (χ3n) is 2.50. The van der Waals surface area contributed by atoms with E-state index in [4.69, 9.17) is 0 Å². The molecule has 0 saturated carbocycles. The Morgan fingerprint density at radius 1 is 1.00 bits per heavy atom. The highest BCUT2D eigenvalue weighted by Gasteiger charge is 2.61. The highest BCUT2D eigenvalue weighted by Crippen LogP contribution is 2.37. The van der Waals surface area contributed by atoms with Crippen LogP contribution in [0.1, 0.15) is 39.3 Å². The zero-order valence-corrected chi connectivity index (χ0v) is 13.4. The van der Waals surface area contributed by atoms with Gasteiger partial charge in [-0.3, -0.25) is 4.72 Å². The van der Waals surface area contributed by atoms with Gasteiger partial charge in [0.05, 0.1) is 0 Å². The summed E-state index contributed by atoms with van der Waals surface area (Å²) in [7, 11) is 0. The molecule has 2 nitrogen and oxygen atoms in total. The second-order valence-electron chi connectivity index (χ2n) is 5.74. The molecule has 0 radical (unpaired) electrons. The molecule has 0 spiro atoms. The Morgan fingerprint density at radius 2 is 1.50 bits per heavy atom. The van der Waals surface area contributed by atoms with Crippen molar-refractivity contribution in [1.29, 1.82) is 0 Å². The Kier molecular flexibility index (Phi) is 5.72. The Morgan fingerprint density at radius 3 is 1.91 bits per heavy atom. The van der Waals surface area contributed by atoms with E-state index < -0.39 is 18.0 Å². The van der Waals surface area contributed by atoms with E-state index >= 15 is 0 Å². The molecule has 1 N–H and O–H groups in total. The molecule has 0 heterocycles. The van der Waals surface area contributed by atoms with Crippen LogP contribution in [0.25, 0.3) is 0 Å². The number of nitrogens with one attached hydrogen (secondary N) is 1. The fourth-order valence-corrected chi connectivity index (χ4v) is 2.03. The first-order valence-corrected chi connectivity index (χ1v) is 7.30. The van der Waals surface area contributed by atoms with Gasteiger partial charge in [0.25, 0.3) is 0 Å². The van der Waals surface area contributed by atoms with E-state index in [9.17, 15) is 22.0 Å². The smallest absolute Gasteiger partial charge is 0.426 e. The predicted molar refractivity (Wildman–Crippen MR) is 77.0 cm³/mol. The van der Waals surface area contributed by atoms with Gasteiger partial charge in [-0.15, -0.1) is 0 Å². The summed E-state index contributed by atoms with van der Waals surface area (Å²) >= 11 is 1.50. The lowest BCUT2D eigenvalue weighted by Gasteiger charge is -2.22. The minimum atomic E-state index is -5.75. The minimum absolute atomic E-state index is 0.00786. The average molecular weight is 343 g/mol. The molecule has 0 fully saturated rings. The van der Waals surface area contributed by atoms with E-state index in [2.05, 4.69) is 9.46 Å². The molecule has 1 rings (SSSR count). The normalized spacial score (nSPS) is 14.8. The van der Waals surface area contributed by atoms with E-state index in [1.165, 1.54) is 24.1 Å². The zero-order valence-electron chi connectivity index (χ0n) is 12.6. The minimum Gasteiger partial charge on any atom is -0.426 e. The van der Waals surface area contributed by atoms with Gasteiger partial charge in [-0.25, -0.2) is 0 Å². The van der Waals surface area contributed by atoms with Crippen molar-refractivity contribution in [3.63, 3.8) is 0 Å². The summed E-state index contributed by atoms with van der Waals surface area (Å²) in [6, 6.07) is 4.98. The van der Waals surface area contributed by atoms with Crippen LogP contribution in [0, 0.1) is 0 Å². The molecule has 0 aromatic heterocycles. The number of hydrogen-bond donors (Lipinski definition) is 1. The highest BCUT2D eigenvalue weighted by atomic mass is 32.2. The molecule has 1 unspecified atom stereocenters. The number of ether oxygens (including phenoxy) is 1. The number of hydrogen-bond acceptors (Lipinski definition) is 3. The molecule has 1 aromatic rings.